The lowest BCUT2D eigenvalue weighted by Crippen LogP contribution is -2.32. The van der Waals surface area contributed by atoms with Crippen molar-refractivity contribution in [2.24, 2.45) is 0 Å². The molecular formula is C15H18N4O2S2. The average molecular weight is 350 g/mol. The SMILES string of the molecule is COc1ccccc1Nc1nnc(S[C@@H](C)C(=O)NC2CC2)s1. The lowest BCUT2D eigenvalue weighted by atomic mass is 10.3. The van der Waals surface area contributed by atoms with E-state index in [-0.39, 0.29) is 11.2 Å². The van der Waals surface area contributed by atoms with E-state index in [4.69, 9.17) is 4.74 Å². The Morgan fingerprint density at radius 1 is 1.39 bits per heavy atom. The maximum atomic E-state index is 12.0. The van der Waals surface area contributed by atoms with Crippen LogP contribution in [0.1, 0.15) is 19.8 Å². The molecule has 1 saturated carbocycles. The Morgan fingerprint density at radius 3 is 2.91 bits per heavy atom. The predicted octanol–water partition coefficient (Wildman–Crippen LogP) is 3.05. The first-order valence-electron chi connectivity index (χ1n) is 7.36. The highest BCUT2D eigenvalue weighted by atomic mass is 32.2. The van der Waals surface area contributed by atoms with Crippen LogP contribution in [0.4, 0.5) is 10.8 Å². The Labute approximate surface area is 143 Å². The summed E-state index contributed by atoms with van der Waals surface area (Å²) >= 11 is 2.85. The molecule has 1 aromatic heterocycles. The van der Waals surface area contributed by atoms with Crippen LogP contribution in [0.2, 0.25) is 0 Å². The van der Waals surface area contributed by atoms with E-state index in [1.54, 1.807) is 7.11 Å². The molecule has 0 spiro atoms. The number of ether oxygens (including phenoxy) is 1. The smallest absolute Gasteiger partial charge is 0.233 e. The molecule has 122 valence electrons. The molecule has 2 N–H and O–H groups in total. The van der Waals surface area contributed by atoms with Crippen LogP contribution in [0.15, 0.2) is 28.6 Å². The molecule has 1 aliphatic carbocycles. The van der Waals surface area contributed by atoms with Crippen LogP contribution >= 0.6 is 23.1 Å². The maximum Gasteiger partial charge on any atom is 0.233 e. The van der Waals surface area contributed by atoms with Crippen LogP contribution in [-0.2, 0) is 4.79 Å². The Morgan fingerprint density at radius 2 is 2.17 bits per heavy atom. The van der Waals surface area contributed by atoms with Gasteiger partial charge in [-0.15, -0.1) is 10.2 Å². The van der Waals surface area contributed by atoms with E-state index in [0.717, 1.165) is 28.6 Å². The summed E-state index contributed by atoms with van der Waals surface area (Å²) in [7, 11) is 1.63. The quantitative estimate of drug-likeness (QED) is 0.748. The molecule has 3 rings (SSSR count). The van der Waals surface area contributed by atoms with Crippen molar-refractivity contribution in [3.63, 3.8) is 0 Å². The van der Waals surface area contributed by atoms with Gasteiger partial charge in [0.1, 0.15) is 5.75 Å². The maximum absolute atomic E-state index is 12.0. The normalized spacial score (nSPS) is 15.0. The van der Waals surface area contributed by atoms with E-state index in [2.05, 4.69) is 20.8 Å². The van der Waals surface area contributed by atoms with Gasteiger partial charge in [0.15, 0.2) is 4.34 Å². The molecule has 2 aromatic rings. The highest BCUT2D eigenvalue weighted by Crippen LogP contribution is 2.33. The number of carbonyl (C=O) groups excluding carboxylic acids is 1. The van der Waals surface area contributed by atoms with Gasteiger partial charge in [-0.2, -0.15) is 0 Å². The number of hydrogen-bond acceptors (Lipinski definition) is 7. The van der Waals surface area contributed by atoms with E-state index < -0.39 is 0 Å². The second-order valence-electron chi connectivity index (χ2n) is 5.24. The molecule has 1 heterocycles. The minimum Gasteiger partial charge on any atom is -0.495 e. The van der Waals surface area contributed by atoms with E-state index in [9.17, 15) is 4.79 Å². The average Bonchev–Trinajstić information content (AvgIpc) is 3.26. The van der Waals surface area contributed by atoms with E-state index in [1.807, 2.05) is 31.2 Å². The van der Waals surface area contributed by atoms with Gasteiger partial charge < -0.3 is 15.4 Å². The lowest BCUT2D eigenvalue weighted by molar-refractivity contribution is -0.120. The number of nitrogens with zero attached hydrogens (tertiary/aromatic N) is 2. The summed E-state index contributed by atoms with van der Waals surface area (Å²) in [6.07, 6.45) is 2.18. The van der Waals surface area contributed by atoms with Crippen molar-refractivity contribution >= 4 is 39.8 Å². The third kappa shape index (κ3) is 4.35. The molecule has 1 amide bonds. The van der Waals surface area contributed by atoms with Crippen molar-refractivity contribution in [3.8, 4) is 5.75 Å². The van der Waals surface area contributed by atoms with Crippen molar-refractivity contribution in [2.75, 3.05) is 12.4 Å². The summed E-state index contributed by atoms with van der Waals surface area (Å²) in [5.74, 6) is 0.807. The summed E-state index contributed by atoms with van der Waals surface area (Å²) in [5, 5.41) is 14.9. The molecule has 0 bridgehead atoms. The Balaban J connectivity index is 1.60. The lowest BCUT2D eigenvalue weighted by Gasteiger charge is -2.09. The zero-order valence-electron chi connectivity index (χ0n) is 12.9. The first-order chi connectivity index (χ1) is 11.2. The monoisotopic (exact) mass is 350 g/mol. The largest absolute Gasteiger partial charge is 0.495 e. The summed E-state index contributed by atoms with van der Waals surface area (Å²) in [4.78, 5) is 12.0. The number of hydrogen-bond donors (Lipinski definition) is 2. The van der Waals surface area contributed by atoms with Crippen LogP contribution < -0.4 is 15.4 Å². The second kappa shape index (κ2) is 7.18. The second-order valence-corrected chi connectivity index (χ2v) is 7.81. The zero-order chi connectivity index (χ0) is 16.2. The molecular weight excluding hydrogens is 332 g/mol. The molecule has 1 fully saturated rings. The van der Waals surface area contributed by atoms with Gasteiger partial charge >= 0.3 is 0 Å². The summed E-state index contributed by atoms with van der Waals surface area (Å²) in [6.45, 7) is 1.89. The fourth-order valence-corrected chi connectivity index (χ4v) is 3.84. The van der Waals surface area contributed by atoms with Crippen molar-refractivity contribution in [1.29, 1.82) is 0 Å². The number of nitrogens with one attached hydrogen (secondary N) is 2. The van der Waals surface area contributed by atoms with Gasteiger partial charge in [-0.3, -0.25) is 4.79 Å². The number of rotatable bonds is 7. The van der Waals surface area contributed by atoms with E-state index >= 15 is 0 Å². The summed E-state index contributed by atoms with van der Waals surface area (Å²) < 4.78 is 6.06. The van der Waals surface area contributed by atoms with Crippen molar-refractivity contribution in [1.82, 2.24) is 15.5 Å². The van der Waals surface area contributed by atoms with Crippen molar-refractivity contribution in [3.05, 3.63) is 24.3 Å². The molecule has 8 heteroatoms. The van der Waals surface area contributed by atoms with E-state index in [0.29, 0.717) is 11.2 Å². The van der Waals surface area contributed by atoms with Gasteiger partial charge in [-0.1, -0.05) is 35.2 Å². The third-order valence-electron chi connectivity index (χ3n) is 3.33. The highest BCUT2D eigenvalue weighted by molar-refractivity contribution is 8.02. The first kappa shape index (κ1) is 16.1. The number of carbonyl (C=O) groups is 1. The summed E-state index contributed by atoms with van der Waals surface area (Å²) in [6, 6.07) is 8.00. The van der Waals surface area contributed by atoms with Gasteiger partial charge in [-0.25, -0.2) is 0 Å². The van der Waals surface area contributed by atoms with Crippen LogP contribution in [0, 0.1) is 0 Å². The van der Waals surface area contributed by atoms with Gasteiger partial charge in [-0.05, 0) is 31.9 Å². The molecule has 1 aromatic carbocycles. The number of methoxy groups -OCH3 is 1. The third-order valence-corrected chi connectivity index (χ3v) is 5.35. The highest BCUT2D eigenvalue weighted by Gasteiger charge is 2.26. The minimum atomic E-state index is -0.178. The number of aromatic nitrogens is 2. The molecule has 6 nitrogen and oxygen atoms in total. The van der Waals surface area contributed by atoms with E-state index in [1.165, 1.54) is 23.1 Å². The summed E-state index contributed by atoms with van der Waals surface area (Å²) in [5.41, 5.74) is 0.835. The number of thioether (sulfide) groups is 1. The van der Waals surface area contributed by atoms with Gasteiger partial charge in [0.05, 0.1) is 18.0 Å². The van der Waals surface area contributed by atoms with Gasteiger partial charge in [0.25, 0.3) is 0 Å². The fourth-order valence-electron chi connectivity index (χ4n) is 1.92. The van der Waals surface area contributed by atoms with Crippen LogP contribution in [0.5, 0.6) is 5.75 Å². The predicted molar refractivity (Wildman–Crippen MR) is 92.7 cm³/mol. The Bertz CT molecular complexity index is 688. The standard InChI is InChI=1S/C15H18N4O2S2/c1-9(13(20)16-10-7-8-10)22-15-19-18-14(23-15)17-11-5-3-4-6-12(11)21-2/h3-6,9-10H,7-8H2,1-2H3,(H,16,20)(H,17,18)/t9-/m0/s1. The number of para-hydroxylation sites is 2. The number of amides is 1. The molecule has 1 atom stereocenters. The molecule has 0 aliphatic heterocycles. The Hall–Kier alpha value is -1.80. The van der Waals surface area contributed by atoms with Crippen LogP contribution in [-0.4, -0.2) is 34.5 Å². The molecule has 23 heavy (non-hydrogen) atoms. The van der Waals surface area contributed by atoms with Crippen molar-refractivity contribution < 1.29 is 9.53 Å². The van der Waals surface area contributed by atoms with Gasteiger partial charge in [0, 0.05) is 6.04 Å². The molecule has 1 aliphatic rings. The zero-order valence-corrected chi connectivity index (χ0v) is 14.5. The number of anilines is 2. The molecule has 0 radical (unpaired) electrons. The fraction of sp³-hybridized carbons (Fsp3) is 0.400. The topological polar surface area (TPSA) is 76.1 Å². The van der Waals surface area contributed by atoms with Crippen LogP contribution in [0.3, 0.4) is 0 Å². The van der Waals surface area contributed by atoms with Gasteiger partial charge in [0.2, 0.25) is 11.0 Å². The number of benzene rings is 1. The van der Waals surface area contributed by atoms with Crippen molar-refractivity contribution in [2.45, 2.75) is 35.4 Å². The molecule has 0 unspecified atom stereocenters. The first-order valence-corrected chi connectivity index (χ1v) is 9.06. The Kier molecular flexibility index (Phi) is 5.02. The molecule has 0 saturated heterocycles. The minimum absolute atomic E-state index is 0.0620. The van der Waals surface area contributed by atoms with Crippen LogP contribution in [0.25, 0.3) is 0 Å².